The van der Waals surface area contributed by atoms with Gasteiger partial charge in [0.15, 0.2) is 17.1 Å². The van der Waals surface area contributed by atoms with E-state index < -0.39 is 38.3 Å². The average Bonchev–Trinajstić information content (AvgIpc) is 2.57. The van der Waals surface area contributed by atoms with E-state index in [1.165, 1.54) is 12.1 Å². The molecule has 0 unspecified atom stereocenters. The predicted octanol–water partition coefficient (Wildman–Crippen LogP) is -0.159. The van der Waals surface area contributed by atoms with Gasteiger partial charge in [-0.2, -0.15) is 23.7 Å². The van der Waals surface area contributed by atoms with Crippen LogP contribution in [0, 0.1) is 22.7 Å². The van der Waals surface area contributed by atoms with Crippen molar-refractivity contribution >= 4 is 61.2 Å². The van der Waals surface area contributed by atoms with Crippen molar-refractivity contribution in [2.75, 3.05) is 5.75 Å². The van der Waals surface area contributed by atoms with Crippen molar-refractivity contribution in [1.82, 2.24) is 9.97 Å². The first-order chi connectivity index (χ1) is 7.69. The zero-order valence-corrected chi connectivity index (χ0v) is 8.72. The summed E-state index contributed by atoms with van der Waals surface area (Å²) in [5, 5.41) is 15.9. The number of aromatic amines is 1. The summed E-state index contributed by atoms with van der Waals surface area (Å²) >= 11 is 0. The van der Waals surface area contributed by atoms with Crippen LogP contribution in [0.25, 0.3) is 0 Å². The van der Waals surface area contributed by atoms with Crippen LogP contribution in [0.4, 0.5) is 13.2 Å². The second-order valence-corrected chi connectivity index (χ2v) is 4.77. The molecule has 0 radical (unpaired) electrons. The Bertz CT molecular complexity index is 591. The summed E-state index contributed by atoms with van der Waals surface area (Å²) in [5.74, 6) is -2.11. The predicted molar refractivity (Wildman–Crippen MR) is 53.3 cm³/mol. The summed E-state index contributed by atoms with van der Waals surface area (Å²) in [6, 6.07) is 2.81. The monoisotopic (exact) mass is 304 g/mol. The maximum atomic E-state index is 12.0. The van der Waals surface area contributed by atoms with Gasteiger partial charge < -0.3 is 4.98 Å². The second kappa shape index (κ2) is 6.14. The minimum absolute atomic E-state index is 0. The van der Waals surface area contributed by atoms with Gasteiger partial charge in [-0.15, -0.1) is 0 Å². The molecule has 0 aliphatic heterocycles. The molecule has 1 N–H and O–H groups in total. The molecule has 0 spiro atoms. The Kier molecular flexibility index (Phi) is 5.99. The molecule has 0 fully saturated rings. The van der Waals surface area contributed by atoms with Crippen LogP contribution in [0.3, 0.4) is 0 Å². The number of aromatic nitrogens is 2. The van der Waals surface area contributed by atoms with Crippen LogP contribution in [0.1, 0.15) is 11.4 Å². The van der Waals surface area contributed by atoms with Crippen molar-refractivity contribution in [3.8, 4) is 12.1 Å². The summed E-state index contributed by atoms with van der Waals surface area (Å²) in [5.41, 5.74) is -1.05. The van der Waals surface area contributed by atoms with E-state index in [-0.39, 0.29) is 51.4 Å². The molecule has 0 aliphatic rings. The fourth-order valence-corrected chi connectivity index (χ4v) is 2.00. The van der Waals surface area contributed by atoms with Gasteiger partial charge >= 0.3 is 57.6 Å². The van der Waals surface area contributed by atoms with Crippen molar-refractivity contribution < 1.29 is 21.6 Å². The van der Waals surface area contributed by atoms with Gasteiger partial charge in [0.2, 0.25) is 15.0 Å². The van der Waals surface area contributed by atoms with Gasteiger partial charge in [-0.25, -0.2) is 13.4 Å². The number of rotatable bonds is 2. The Morgan fingerprint density at radius 2 is 1.83 bits per heavy atom. The molecule has 0 aliphatic carbocycles. The number of hydrogen-bond donors (Lipinski definition) is 1. The van der Waals surface area contributed by atoms with Gasteiger partial charge in [-0.1, -0.05) is 0 Å². The van der Waals surface area contributed by atoms with Gasteiger partial charge in [0, 0.05) is 0 Å². The SMILES string of the molecule is N#Cc1nc(S(=O)(=O)CC(F)(F)F)[nH]c1C#N.[KH]. The van der Waals surface area contributed by atoms with Crippen LogP contribution in [0.15, 0.2) is 5.16 Å². The van der Waals surface area contributed by atoms with E-state index in [9.17, 15) is 21.6 Å². The molecule has 1 aromatic heterocycles. The number of imidazole rings is 1. The third kappa shape index (κ3) is 4.35. The van der Waals surface area contributed by atoms with Crippen LogP contribution in [0.2, 0.25) is 0 Å². The Labute approximate surface area is 142 Å². The summed E-state index contributed by atoms with van der Waals surface area (Å²) in [6.45, 7) is 0. The molecule has 18 heavy (non-hydrogen) atoms. The van der Waals surface area contributed by atoms with Gasteiger partial charge in [0.1, 0.15) is 12.1 Å². The number of nitrogens with one attached hydrogen (secondary N) is 1. The zero-order chi connectivity index (χ0) is 13.3. The zero-order valence-electron chi connectivity index (χ0n) is 7.91. The minimum atomic E-state index is -4.93. The number of nitriles is 2. The van der Waals surface area contributed by atoms with Gasteiger partial charge in [0.25, 0.3) is 0 Å². The summed E-state index contributed by atoms with van der Waals surface area (Å²) in [6.07, 6.45) is -4.93. The molecule has 1 heterocycles. The van der Waals surface area contributed by atoms with E-state index >= 15 is 0 Å². The number of H-pyrrole nitrogens is 1. The molecule has 0 aromatic carbocycles. The molecule has 11 heteroatoms. The first kappa shape index (κ1) is 17.6. The standard InChI is InChI=1S/C7H3F3N4O2S.K.H/c8-7(9,10)3-17(15,16)6-13-4(1-11)5(2-12)14-6;;/h3H2,(H,13,14);;. The quantitative estimate of drug-likeness (QED) is 0.763. The van der Waals surface area contributed by atoms with E-state index in [2.05, 4.69) is 4.98 Å². The molecule has 92 valence electrons. The van der Waals surface area contributed by atoms with Crippen molar-refractivity contribution in [3.63, 3.8) is 0 Å². The topological polar surface area (TPSA) is 110 Å². The van der Waals surface area contributed by atoms with Crippen LogP contribution in [0.5, 0.6) is 0 Å². The summed E-state index contributed by atoms with van der Waals surface area (Å²) in [7, 11) is -4.73. The number of sulfone groups is 1. The molecule has 0 saturated carbocycles. The maximum absolute atomic E-state index is 12.0. The van der Waals surface area contributed by atoms with Crippen molar-refractivity contribution in [2.45, 2.75) is 11.3 Å². The number of halogens is 3. The van der Waals surface area contributed by atoms with E-state index in [1.807, 2.05) is 4.98 Å². The van der Waals surface area contributed by atoms with Gasteiger partial charge in [-0.3, -0.25) is 0 Å². The fourth-order valence-electron chi connectivity index (χ4n) is 0.944. The first-order valence-corrected chi connectivity index (χ1v) is 5.54. The molecule has 0 amide bonds. The first-order valence-electron chi connectivity index (χ1n) is 3.89. The molecule has 1 aromatic rings. The Hall–Kier alpha value is -0.434. The van der Waals surface area contributed by atoms with E-state index in [1.54, 1.807) is 0 Å². The molecule has 0 atom stereocenters. The molecule has 0 saturated heterocycles. The third-order valence-corrected chi connectivity index (χ3v) is 3.04. The van der Waals surface area contributed by atoms with E-state index in [0.29, 0.717) is 0 Å². The van der Waals surface area contributed by atoms with Gasteiger partial charge in [-0.05, 0) is 0 Å². The molecule has 1 rings (SSSR count). The normalized spacial score (nSPS) is 11.2. The molecule has 0 bridgehead atoms. The Balaban J connectivity index is 0.00000289. The molecular formula is C7H4F3KN4O2S. The second-order valence-electron chi connectivity index (χ2n) is 2.86. The Morgan fingerprint density at radius 1 is 1.28 bits per heavy atom. The number of alkyl halides is 3. The van der Waals surface area contributed by atoms with Crippen LogP contribution < -0.4 is 0 Å². The third-order valence-electron chi connectivity index (χ3n) is 1.55. The van der Waals surface area contributed by atoms with Crippen LogP contribution in [-0.2, 0) is 9.84 Å². The van der Waals surface area contributed by atoms with Crippen LogP contribution >= 0.6 is 0 Å². The van der Waals surface area contributed by atoms with E-state index in [4.69, 9.17) is 10.5 Å². The number of nitrogens with zero attached hydrogens (tertiary/aromatic N) is 3. The van der Waals surface area contributed by atoms with Crippen molar-refractivity contribution in [2.24, 2.45) is 0 Å². The fraction of sp³-hybridized carbons (Fsp3) is 0.286. The summed E-state index contributed by atoms with van der Waals surface area (Å²) < 4.78 is 58.3. The van der Waals surface area contributed by atoms with Crippen LogP contribution in [-0.4, -0.2) is 81.7 Å². The van der Waals surface area contributed by atoms with Crippen molar-refractivity contribution in [3.05, 3.63) is 11.4 Å². The average molecular weight is 304 g/mol. The molecule has 6 nitrogen and oxygen atoms in total. The summed E-state index contributed by atoms with van der Waals surface area (Å²) in [4.78, 5) is 4.99. The Morgan fingerprint density at radius 3 is 2.17 bits per heavy atom. The van der Waals surface area contributed by atoms with Crippen molar-refractivity contribution in [1.29, 1.82) is 10.5 Å². The van der Waals surface area contributed by atoms with E-state index in [0.717, 1.165) is 0 Å². The van der Waals surface area contributed by atoms with Gasteiger partial charge in [0.05, 0.1) is 0 Å². The number of hydrogen-bond acceptors (Lipinski definition) is 5. The molecular weight excluding hydrogens is 300 g/mol.